The van der Waals surface area contributed by atoms with Gasteiger partial charge in [-0.3, -0.25) is 4.57 Å². The quantitative estimate of drug-likeness (QED) is 0.161. The molecule has 10 heteroatoms. The average molecular weight is 1320 g/mol. The Bertz CT molecular complexity index is 6860. The normalized spacial score (nSPS) is 12.1. The standard InChI is InChI=1S/C44H26N4S.C28H16ClN3S.C17H12/c1-2-14-30(15-3-1)47-36-19-9-6-16-31(36)34-25-29(22-23-38(34)47)43-45-41-33-18-8-11-21-40(33)49-42(41)44(46-43)48-37-20-10-7-17-32(37)35-24-27-12-4-5-13-28(27)26-39(35)48;29-27-26-25(20-11-5-7-13-24(20)33-26)30-28(31-27)17-14-15-23-21(16-17)19-10-4-6-12-22(19)32(23)18-8-2-1-3-9-18;1-2-6-13-11-17-15(9-12(13)5-1)10-14-7-3-4-8-16(14)17/h1-26H;1-16H;1-9,11H,10H2. The fourth-order valence-electron chi connectivity index (χ4n) is 15.2. The first-order chi connectivity index (χ1) is 49.0. The van der Waals surface area contributed by atoms with Crippen molar-refractivity contribution in [3.63, 3.8) is 0 Å². The molecular formula is C89H54ClN7S2. The second-order valence-corrected chi connectivity index (χ2v) is 27.8. The van der Waals surface area contributed by atoms with E-state index in [2.05, 4.69) is 316 Å². The number of nitrogens with zero attached hydrogens (tertiary/aromatic N) is 7. The highest BCUT2D eigenvalue weighted by Gasteiger charge is 2.24. The van der Waals surface area contributed by atoms with Crippen molar-refractivity contribution >= 4 is 162 Å². The molecule has 0 N–H and O–H groups in total. The van der Waals surface area contributed by atoms with Crippen LogP contribution < -0.4 is 0 Å². The Morgan fingerprint density at radius 1 is 0.283 bits per heavy atom. The van der Waals surface area contributed by atoms with E-state index < -0.39 is 0 Å². The number of hydrogen-bond donors (Lipinski definition) is 0. The Morgan fingerprint density at radius 2 is 0.707 bits per heavy atom. The van der Waals surface area contributed by atoms with Gasteiger partial charge in [0.15, 0.2) is 22.6 Å². The van der Waals surface area contributed by atoms with E-state index in [1.807, 2.05) is 18.2 Å². The fraction of sp³-hybridized carbons (Fsp3) is 0.0112. The molecule has 0 radical (unpaired) electrons. The summed E-state index contributed by atoms with van der Waals surface area (Å²) >= 11 is 10.0. The molecule has 0 aliphatic heterocycles. The van der Waals surface area contributed by atoms with E-state index in [0.717, 1.165) is 93.8 Å². The number of hydrogen-bond acceptors (Lipinski definition) is 6. The molecule has 0 spiro atoms. The minimum absolute atomic E-state index is 0.503. The van der Waals surface area contributed by atoms with E-state index in [4.69, 9.17) is 26.6 Å². The highest BCUT2D eigenvalue weighted by Crippen LogP contribution is 2.45. The van der Waals surface area contributed by atoms with Gasteiger partial charge in [0, 0.05) is 75.0 Å². The summed E-state index contributed by atoms with van der Waals surface area (Å²) in [7, 11) is 0. The predicted octanol–water partition coefficient (Wildman–Crippen LogP) is 24.5. The zero-order chi connectivity index (χ0) is 65.2. The maximum atomic E-state index is 6.64. The molecule has 1 aliphatic carbocycles. The van der Waals surface area contributed by atoms with E-state index in [0.29, 0.717) is 11.0 Å². The Balaban J connectivity index is 0.000000113. The number of benzene rings is 14. The van der Waals surface area contributed by atoms with E-state index >= 15 is 0 Å². The van der Waals surface area contributed by atoms with Crippen LogP contribution in [-0.2, 0) is 6.42 Å². The van der Waals surface area contributed by atoms with Crippen molar-refractivity contribution in [2.24, 2.45) is 0 Å². The minimum atomic E-state index is 0.503. The molecule has 0 saturated carbocycles. The van der Waals surface area contributed by atoms with Crippen molar-refractivity contribution in [3.8, 4) is 51.1 Å². The van der Waals surface area contributed by atoms with Crippen LogP contribution >= 0.6 is 34.3 Å². The van der Waals surface area contributed by atoms with Crippen LogP contribution in [0.3, 0.4) is 0 Å². The van der Waals surface area contributed by atoms with E-state index in [1.165, 1.54) is 96.5 Å². The highest BCUT2D eigenvalue weighted by molar-refractivity contribution is 7.26. The number of halogens is 1. The third-order valence-corrected chi connectivity index (χ3v) is 22.4. The summed E-state index contributed by atoms with van der Waals surface area (Å²) < 4.78 is 11.4. The maximum Gasteiger partial charge on any atom is 0.162 e. The zero-order valence-electron chi connectivity index (χ0n) is 53.1. The van der Waals surface area contributed by atoms with Crippen LogP contribution in [0.5, 0.6) is 0 Å². The van der Waals surface area contributed by atoms with Crippen LogP contribution in [0.15, 0.2) is 315 Å². The molecule has 7 aromatic heterocycles. The molecule has 21 aromatic rings. The summed E-state index contributed by atoms with van der Waals surface area (Å²) in [5.41, 5.74) is 18.8. The maximum absolute atomic E-state index is 6.64. The summed E-state index contributed by atoms with van der Waals surface area (Å²) in [6.45, 7) is 0. The lowest BCUT2D eigenvalue weighted by atomic mass is 10.0. The van der Waals surface area contributed by atoms with Crippen LogP contribution in [0.25, 0.3) is 179 Å². The molecule has 14 aromatic carbocycles. The van der Waals surface area contributed by atoms with Gasteiger partial charge in [0.1, 0.15) is 0 Å². The van der Waals surface area contributed by atoms with Gasteiger partial charge in [0.2, 0.25) is 0 Å². The average Bonchev–Trinajstić information content (AvgIpc) is 1.55. The molecule has 0 amide bonds. The van der Waals surface area contributed by atoms with E-state index in [1.54, 1.807) is 22.7 Å². The SMILES string of the molecule is Clc1nc(-c2ccc3c(c2)c2ccccc2n3-c2ccccc2)nc2c1sc1ccccc12.c1ccc(-n2c3ccccc3c3cc(-c4nc(-n5c6ccccc6c6cc7ccccc7cc65)c5sc6ccccc6c5n4)ccc32)cc1.c1ccc2c(c1)Cc1cc3ccccc3cc1-2. The third-order valence-electron chi connectivity index (χ3n) is 19.7. The molecule has 0 saturated heterocycles. The van der Waals surface area contributed by atoms with Gasteiger partial charge in [0.05, 0.1) is 53.5 Å². The van der Waals surface area contributed by atoms with Crippen LogP contribution in [-0.4, -0.2) is 33.6 Å². The largest absolute Gasteiger partial charge is 0.309 e. The molecule has 0 unspecified atom stereocenters. The topological polar surface area (TPSA) is 66.3 Å². The fourth-order valence-corrected chi connectivity index (χ4v) is 17.6. The van der Waals surface area contributed by atoms with Crippen LogP contribution in [0, 0.1) is 0 Å². The lowest BCUT2D eigenvalue weighted by Gasteiger charge is -2.11. The van der Waals surface area contributed by atoms with Crippen molar-refractivity contribution in [2.45, 2.75) is 6.42 Å². The lowest BCUT2D eigenvalue weighted by Crippen LogP contribution is -2.01. The summed E-state index contributed by atoms with van der Waals surface area (Å²) in [6.07, 6.45) is 1.08. The smallest absolute Gasteiger partial charge is 0.162 e. The molecule has 22 rings (SSSR count). The molecule has 1 aliphatic rings. The van der Waals surface area contributed by atoms with Crippen LogP contribution in [0.4, 0.5) is 0 Å². The first-order valence-corrected chi connectivity index (χ1v) is 35.3. The molecule has 0 atom stereocenters. The zero-order valence-corrected chi connectivity index (χ0v) is 55.4. The summed E-state index contributed by atoms with van der Waals surface area (Å²) in [5.74, 6) is 2.28. The van der Waals surface area contributed by atoms with Gasteiger partial charge in [-0.1, -0.05) is 218 Å². The van der Waals surface area contributed by atoms with Gasteiger partial charge < -0.3 is 9.13 Å². The molecule has 7 heterocycles. The Labute approximate surface area is 580 Å². The van der Waals surface area contributed by atoms with Crippen molar-refractivity contribution in [3.05, 3.63) is 332 Å². The van der Waals surface area contributed by atoms with Crippen LogP contribution in [0.1, 0.15) is 11.1 Å². The van der Waals surface area contributed by atoms with E-state index in [-0.39, 0.29) is 0 Å². The van der Waals surface area contributed by atoms with Gasteiger partial charge in [-0.25, -0.2) is 19.9 Å². The highest BCUT2D eigenvalue weighted by atomic mass is 35.5. The number of para-hydroxylation sites is 5. The first kappa shape index (κ1) is 57.2. The molecule has 7 nitrogen and oxygen atoms in total. The Kier molecular flexibility index (Phi) is 13.3. The minimum Gasteiger partial charge on any atom is -0.309 e. The number of rotatable bonds is 5. The number of thiophene rings is 2. The van der Waals surface area contributed by atoms with E-state index in [9.17, 15) is 0 Å². The van der Waals surface area contributed by atoms with Gasteiger partial charge >= 0.3 is 0 Å². The van der Waals surface area contributed by atoms with Crippen molar-refractivity contribution in [2.75, 3.05) is 0 Å². The molecule has 0 bridgehead atoms. The second kappa shape index (κ2) is 23.0. The summed E-state index contributed by atoms with van der Waals surface area (Å²) in [5, 5.41) is 15.1. The van der Waals surface area contributed by atoms with Gasteiger partial charge in [-0.05, 0) is 159 Å². The molecule has 99 heavy (non-hydrogen) atoms. The lowest BCUT2D eigenvalue weighted by molar-refractivity contribution is 1.08. The predicted molar refractivity (Wildman–Crippen MR) is 418 cm³/mol. The summed E-state index contributed by atoms with van der Waals surface area (Å²) in [4.78, 5) is 20.5. The Hall–Kier alpha value is -12.1. The van der Waals surface area contributed by atoms with Crippen molar-refractivity contribution < 1.29 is 0 Å². The van der Waals surface area contributed by atoms with Crippen LogP contribution in [0.2, 0.25) is 5.15 Å². The number of fused-ring (bicyclic) bond motifs is 20. The molecule has 464 valence electrons. The van der Waals surface area contributed by atoms with Crippen molar-refractivity contribution in [1.82, 2.24) is 33.6 Å². The Morgan fingerprint density at radius 3 is 1.29 bits per heavy atom. The molecule has 0 fully saturated rings. The molecular weight excluding hydrogens is 1270 g/mol. The summed E-state index contributed by atoms with van der Waals surface area (Å²) in [6, 6.07) is 112. The number of aromatic nitrogens is 7. The first-order valence-electron chi connectivity index (χ1n) is 33.2. The van der Waals surface area contributed by atoms with Crippen molar-refractivity contribution in [1.29, 1.82) is 0 Å². The third kappa shape index (κ3) is 9.38. The van der Waals surface area contributed by atoms with Gasteiger partial charge in [-0.2, -0.15) is 0 Å². The van der Waals surface area contributed by atoms with Gasteiger partial charge in [-0.15, -0.1) is 22.7 Å². The monoisotopic (exact) mass is 1320 g/mol. The van der Waals surface area contributed by atoms with Gasteiger partial charge in [0.25, 0.3) is 0 Å². The second-order valence-electron chi connectivity index (χ2n) is 25.4.